The maximum Gasteiger partial charge on any atom is 0.225 e. The van der Waals surface area contributed by atoms with Crippen molar-refractivity contribution in [1.29, 1.82) is 0 Å². The number of nitrogens with one attached hydrogen (secondary N) is 2. The van der Waals surface area contributed by atoms with Crippen molar-refractivity contribution in [2.24, 2.45) is 10.9 Å². The molecule has 1 aliphatic rings. The van der Waals surface area contributed by atoms with Gasteiger partial charge in [0, 0.05) is 45.2 Å². The summed E-state index contributed by atoms with van der Waals surface area (Å²) in [6.07, 6.45) is 0.956. The molecule has 0 spiro atoms. The van der Waals surface area contributed by atoms with Crippen LogP contribution in [-0.2, 0) is 17.9 Å². The molecule has 0 radical (unpaired) electrons. The summed E-state index contributed by atoms with van der Waals surface area (Å²) in [7, 11) is 5.93. The van der Waals surface area contributed by atoms with Crippen LogP contribution in [0.25, 0.3) is 0 Å². The van der Waals surface area contributed by atoms with Gasteiger partial charge in [-0.2, -0.15) is 0 Å². The van der Waals surface area contributed by atoms with E-state index < -0.39 is 0 Å². The number of aliphatic imine (C=N–C) groups is 1. The molecule has 1 aromatic rings. The molecule has 2 rings (SSSR count). The largest absolute Gasteiger partial charge is 0.352 e. The molecule has 1 atom stereocenters. The monoisotopic (exact) mass is 487 g/mol. The molecule has 0 aliphatic carbocycles. The molecule has 1 aromatic carbocycles. The number of hydrogen-bond acceptors (Lipinski definition) is 3. The predicted molar refractivity (Wildman–Crippen MR) is 122 cm³/mol. The molecular weight excluding hydrogens is 453 g/mol. The summed E-state index contributed by atoms with van der Waals surface area (Å²) in [4.78, 5) is 20.5. The van der Waals surface area contributed by atoms with E-state index in [4.69, 9.17) is 0 Å². The van der Waals surface area contributed by atoms with Gasteiger partial charge < -0.3 is 20.4 Å². The number of carbonyl (C=O) groups is 1. The number of rotatable bonds is 6. The number of amides is 1. The standard InChI is InChI=1S/C20H33N5O.HI/c1-15(2)19(26)25-10-9-18(14-25)23-20(21-3)22-12-16-7-6-8-17(11-16)13-24(4)5;/h6-8,11,15,18H,9-10,12-14H2,1-5H3,(H2,21,22,23);1H. The molecule has 1 amide bonds. The normalized spacial score (nSPS) is 17.2. The van der Waals surface area contributed by atoms with Crippen LogP contribution >= 0.6 is 24.0 Å². The van der Waals surface area contributed by atoms with Gasteiger partial charge in [0.1, 0.15) is 0 Å². The Morgan fingerprint density at radius 1 is 1.33 bits per heavy atom. The van der Waals surface area contributed by atoms with Gasteiger partial charge in [0.2, 0.25) is 5.91 Å². The summed E-state index contributed by atoms with van der Waals surface area (Å²) in [6.45, 7) is 7.13. The number of nitrogens with zero attached hydrogens (tertiary/aromatic N) is 3. The molecule has 7 heteroatoms. The highest BCUT2D eigenvalue weighted by atomic mass is 127. The van der Waals surface area contributed by atoms with Gasteiger partial charge in [0.25, 0.3) is 0 Å². The van der Waals surface area contributed by atoms with Crippen molar-refractivity contribution in [3.8, 4) is 0 Å². The molecule has 0 saturated carbocycles. The molecule has 6 nitrogen and oxygen atoms in total. The summed E-state index contributed by atoms with van der Waals surface area (Å²) >= 11 is 0. The highest BCUT2D eigenvalue weighted by molar-refractivity contribution is 14.0. The number of carbonyl (C=O) groups excluding carboxylic acids is 1. The first-order valence-corrected chi connectivity index (χ1v) is 9.37. The zero-order chi connectivity index (χ0) is 19.1. The van der Waals surface area contributed by atoms with E-state index in [1.807, 2.05) is 18.7 Å². The minimum absolute atomic E-state index is 0. The smallest absolute Gasteiger partial charge is 0.225 e. The van der Waals surface area contributed by atoms with Crippen LogP contribution in [0.3, 0.4) is 0 Å². The van der Waals surface area contributed by atoms with Crippen molar-refractivity contribution in [2.45, 2.75) is 39.4 Å². The third-order valence-corrected chi connectivity index (χ3v) is 4.51. The fraction of sp³-hybridized carbons (Fsp3) is 0.600. The summed E-state index contributed by atoms with van der Waals surface area (Å²) in [5.41, 5.74) is 2.53. The summed E-state index contributed by atoms with van der Waals surface area (Å²) in [5.74, 6) is 1.07. The van der Waals surface area contributed by atoms with Gasteiger partial charge in [-0.1, -0.05) is 38.1 Å². The first-order chi connectivity index (χ1) is 12.4. The minimum atomic E-state index is 0. The Morgan fingerprint density at radius 3 is 2.67 bits per heavy atom. The summed E-state index contributed by atoms with van der Waals surface area (Å²) in [5, 5.41) is 6.83. The third-order valence-electron chi connectivity index (χ3n) is 4.51. The molecule has 1 heterocycles. The van der Waals surface area contributed by atoms with Crippen molar-refractivity contribution < 1.29 is 4.79 Å². The molecule has 2 N–H and O–H groups in total. The van der Waals surface area contributed by atoms with Crippen LogP contribution in [0.4, 0.5) is 0 Å². The maximum absolute atomic E-state index is 12.1. The van der Waals surface area contributed by atoms with Crippen LogP contribution in [0.1, 0.15) is 31.4 Å². The van der Waals surface area contributed by atoms with Crippen LogP contribution in [-0.4, -0.2) is 61.9 Å². The number of hydrogen-bond donors (Lipinski definition) is 2. The van der Waals surface area contributed by atoms with Crippen LogP contribution in [0.2, 0.25) is 0 Å². The van der Waals surface area contributed by atoms with E-state index in [0.29, 0.717) is 0 Å². The number of halogens is 1. The van der Waals surface area contributed by atoms with Crippen molar-refractivity contribution in [2.75, 3.05) is 34.2 Å². The summed E-state index contributed by atoms with van der Waals surface area (Å²) < 4.78 is 0. The van der Waals surface area contributed by atoms with E-state index in [1.54, 1.807) is 7.05 Å². The van der Waals surface area contributed by atoms with E-state index in [1.165, 1.54) is 11.1 Å². The Hall–Kier alpha value is -1.35. The van der Waals surface area contributed by atoms with Crippen molar-refractivity contribution >= 4 is 35.8 Å². The second-order valence-electron chi connectivity index (χ2n) is 7.55. The Bertz CT molecular complexity index is 633. The molecule has 1 aliphatic heterocycles. The Balaban J connectivity index is 0.00000364. The molecule has 1 saturated heterocycles. The lowest BCUT2D eigenvalue weighted by molar-refractivity contribution is -0.133. The molecule has 152 valence electrons. The van der Waals surface area contributed by atoms with Gasteiger partial charge >= 0.3 is 0 Å². The lowest BCUT2D eigenvalue weighted by atomic mass is 10.1. The second kappa shape index (κ2) is 11.5. The quantitative estimate of drug-likeness (QED) is 0.368. The van der Waals surface area contributed by atoms with Gasteiger partial charge in [-0.15, -0.1) is 24.0 Å². The highest BCUT2D eigenvalue weighted by Crippen LogP contribution is 2.13. The lowest BCUT2D eigenvalue weighted by Crippen LogP contribution is -2.45. The second-order valence-corrected chi connectivity index (χ2v) is 7.55. The number of benzene rings is 1. The van der Waals surface area contributed by atoms with E-state index in [2.05, 4.69) is 58.9 Å². The lowest BCUT2D eigenvalue weighted by Gasteiger charge is -2.20. The van der Waals surface area contributed by atoms with Gasteiger partial charge in [-0.25, -0.2) is 0 Å². The third kappa shape index (κ3) is 7.65. The van der Waals surface area contributed by atoms with Gasteiger partial charge in [0.05, 0.1) is 0 Å². The van der Waals surface area contributed by atoms with Crippen LogP contribution in [0.15, 0.2) is 29.3 Å². The van der Waals surface area contributed by atoms with Crippen LogP contribution < -0.4 is 10.6 Å². The Morgan fingerprint density at radius 2 is 2.04 bits per heavy atom. The molecular formula is C20H34IN5O. The zero-order valence-electron chi connectivity index (χ0n) is 17.2. The van der Waals surface area contributed by atoms with Crippen LogP contribution in [0, 0.1) is 5.92 Å². The van der Waals surface area contributed by atoms with E-state index >= 15 is 0 Å². The summed E-state index contributed by atoms with van der Waals surface area (Å²) in [6, 6.07) is 8.84. The molecule has 0 bridgehead atoms. The Labute approximate surface area is 180 Å². The Kier molecular flexibility index (Phi) is 10.1. The van der Waals surface area contributed by atoms with E-state index in [9.17, 15) is 4.79 Å². The van der Waals surface area contributed by atoms with Gasteiger partial charge in [0.15, 0.2) is 5.96 Å². The average molecular weight is 487 g/mol. The number of likely N-dealkylation sites (tertiary alicyclic amines) is 1. The van der Waals surface area contributed by atoms with Gasteiger partial charge in [-0.05, 0) is 31.6 Å². The minimum Gasteiger partial charge on any atom is -0.352 e. The van der Waals surface area contributed by atoms with E-state index in [-0.39, 0.29) is 41.8 Å². The SMILES string of the molecule is CN=C(NCc1cccc(CN(C)C)c1)NC1CCN(C(=O)C(C)C)C1.I. The predicted octanol–water partition coefficient (Wildman–Crippen LogP) is 2.29. The van der Waals surface area contributed by atoms with Crippen molar-refractivity contribution in [3.05, 3.63) is 35.4 Å². The van der Waals surface area contributed by atoms with E-state index in [0.717, 1.165) is 38.6 Å². The number of guanidine groups is 1. The molecule has 1 unspecified atom stereocenters. The van der Waals surface area contributed by atoms with Crippen molar-refractivity contribution in [1.82, 2.24) is 20.4 Å². The fourth-order valence-electron chi connectivity index (χ4n) is 3.22. The molecule has 1 fully saturated rings. The topological polar surface area (TPSA) is 60.0 Å². The first kappa shape index (κ1) is 23.7. The highest BCUT2D eigenvalue weighted by Gasteiger charge is 2.27. The fourth-order valence-corrected chi connectivity index (χ4v) is 3.22. The van der Waals surface area contributed by atoms with Crippen molar-refractivity contribution in [3.63, 3.8) is 0 Å². The molecule has 0 aromatic heterocycles. The average Bonchev–Trinajstić information content (AvgIpc) is 3.06. The zero-order valence-corrected chi connectivity index (χ0v) is 19.5. The maximum atomic E-state index is 12.1. The van der Waals surface area contributed by atoms with Crippen LogP contribution in [0.5, 0.6) is 0 Å². The molecule has 27 heavy (non-hydrogen) atoms. The van der Waals surface area contributed by atoms with Gasteiger partial charge in [-0.3, -0.25) is 9.79 Å². The first-order valence-electron chi connectivity index (χ1n) is 9.37.